The first kappa shape index (κ1) is 17.4. The Morgan fingerprint density at radius 3 is 2.42 bits per heavy atom. The number of Topliss-reactive ketones (excluding diaryl/α,β-unsaturated/α-hetero) is 1. The van der Waals surface area contributed by atoms with Gasteiger partial charge in [-0.15, -0.1) is 0 Å². The summed E-state index contributed by atoms with van der Waals surface area (Å²) < 4.78 is 0. The summed E-state index contributed by atoms with van der Waals surface area (Å²) in [7, 11) is 0. The lowest BCUT2D eigenvalue weighted by atomic mass is 9.48. The molecule has 3 aliphatic rings. The molecule has 3 rings (SSSR count). The van der Waals surface area contributed by atoms with Crippen molar-refractivity contribution < 1.29 is 24.6 Å². The maximum atomic E-state index is 12.6. The maximum absolute atomic E-state index is 12.6. The summed E-state index contributed by atoms with van der Waals surface area (Å²) in [5, 5.41) is 18.6. The van der Waals surface area contributed by atoms with Gasteiger partial charge in [-0.1, -0.05) is 13.8 Å². The number of carbonyl (C=O) groups excluding carboxylic acids is 1. The molecule has 0 amide bonds. The van der Waals surface area contributed by atoms with E-state index in [-0.39, 0.29) is 29.5 Å². The van der Waals surface area contributed by atoms with Gasteiger partial charge in [0.1, 0.15) is 5.78 Å². The van der Waals surface area contributed by atoms with Crippen LogP contribution < -0.4 is 0 Å². The quantitative estimate of drug-likeness (QED) is 0.821. The van der Waals surface area contributed by atoms with Gasteiger partial charge in [-0.25, -0.2) is 0 Å². The average molecular weight is 336 g/mol. The lowest BCUT2D eigenvalue weighted by Gasteiger charge is -2.55. The van der Waals surface area contributed by atoms with Crippen molar-refractivity contribution >= 4 is 17.7 Å². The van der Waals surface area contributed by atoms with Crippen molar-refractivity contribution in [2.75, 3.05) is 0 Å². The van der Waals surface area contributed by atoms with Crippen molar-refractivity contribution in [1.29, 1.82) is 0 Å². The van der Waals surface area contributed by atoms with Crippen LogP contribution in [-0.2, 0) is 14.4 Å². The zero-order chi connectivity index (χ0) is 17.7. The van der Waals surface area contributed by atoms with Gasteiger partial charge in [-0.3, -0.25) is 14.4 Å². The molecule has 2 N–H and O–H groups in total. The minimum Gasteiger partial charge on any atom is -0.481 e. The van der Waals surface area contributed by atoms with Gasteiger partial charge in [0.15, 0.2) is 0 Å². The first-order valence-corrected chi connectivity index (χ1v) is 9.18. The van der Waals surface area contributed by atoms with E-state index in [4.69, 9.17) is 5.11 Å². The largest absolute Gasteiger partial charge is 0.481 e. The Hall–Kier alpha value is -1.39. The third-order valence-corrected chi connectivity index (χ3v) is 7.75. The number of hydrogen-bond donors (Lipinski definition) is 2. The molecule has 0 aromatic carbocycles. The second kappa shape index (κ2) is 5.85. The van der Waals surface area contributed by atoms with Gasteiger partial charge in [0.05, 0.1) is 5.92 Å². The highest BCUT2D eigenvalue weighted by molar-refractivity contribution is 5.86. The number of carboxylic acids is 2. The molecule has 3 aliphatic carbocycles. The fourth-order valence-electron chi connectivity index (χ4n) is 6.37. The number of ketones is 1. The number of rotatable bonds is 4. The molecule has 0 radical (unpaired) electrons. The second-order valence-electron chi connectivity index (χ2n) is 8.66. The van der Waals surface area contributed by atoms with Crippen LogP contribution in [0.2, 0.25) is 0 Å². The predicted octanol–water partition coefficient (Wildman–Crippen LogP) is 3.36. The van der Waals surface area contributed by atoms with Crippen LogP contribution in [0.25, 0.3) is 0 Å². The van der Waals surface area contributed by atoms with E-state index in [1.807, 2.05) is 6.92 Å². The minimum absolute atomic E-state index is 0.0329. The van der Waals surface area contributed by atoms with Gasteiger partial charge in [0.2, 0.25) is 0 Å². The number of carbonyl (C=O) groups is 3. The van der Waals surface area contributed by atoms with Gasteiger partial charge >= 0.3 is 11.9 Å². The SMILES string of the molecule is C[C@@]12CC[C@@H]3[C@H](CCC(=O)[C@@]3(C)CCC(=O)O)[C@H]1CC[C@H]2C(=O)O. The third kappa shape index (κ3) is 2.47. The third-order valence-electron chi connectivity index (χ3n) is 7.75. The molecule has 0 bridgehead atoms. The van der Waals surface area contributed by atoms with Gasteiger partial charge in [0, 0.05) is 18.3 Å². The van der Waals surface area contributed by atoms with E-state index < -0.39 is 17.4 Å². The summed E-state index contributed by atoms with van der Waals surface area (Å²) in [5.41, 5.74) is -0.717. The number of aliphatic carboxylic acids is 2. The van der Waals surface area contributed by atoms with Crippen molar-refractivity contribution in [2.45, 2.75) is 65.2 Å². The fraction of sp³-hybridized carbons (Fsp3) is 0.842. The van der Waals surface area contributed by atoms with Crippen molar-refractivity contribution in [3.05, 3.63) is 0 Å². The van der Waals surface area contributed by atoms with E-state index in [0.717, 1.165) is 32.1 Å². The van der Waals surface area contributed by atoms with Crippen LogP contribution in [0.15, 0.2) is 0 Å². The van der Waals surface area contributed by atoms with E-state index in [2.05, 4.69) is 6.92 Å². The highest BCUT2D eigenvalue weighted by atomic mass is 16.4. The van der Waals surface area contributed by atoms with E-state index in [1.54, 1.807) is 0 Å². The average Bonchev–Trinajstić information content (AvgIpc) is 2.86. The Labute approximate surface area is 142 Å². The molecule has 134 valence electrons. The number of hydrogen-bond acceptors (Lipinski definition) is 3. The highest BCUT2D eigenvalue weighted by Gasteiger charge is 2.60. The first-order valence-electron chi connectivity index (χ1n) is 9.18. The van der Waals surface area contributed by atoms with Gasteiger partial charge in [0.25, 0.3) is 0 Å². The van der Waals surface area contributed by atoms with Gasteiger partial charge in [-0.05, 0) is 61.7 Å². The predicted molar refractivity (Wildman–Crippen MR) is 87.4 cm³/mol. The van der Waals surface area contributed by atoms with E-state index >= 15 is 0 Å². The van der Waals surface area contributed by atoms with Gasteiger partial charge < -0.3 is 10.2 Å². The van der Waals surface area contributed by atoms with Crippen molar-refractivity contribution in [2.24, 2.45) is 34.5 Å². The van der Waals surface area contributed by atoms with E-state index in [0.29, 0.717) is 24.7 Å². The summed E-state index contributed by atoms with van der Waals surface area (Å²) in [6, 6.07) is 0. The molecular formula is C19H28O5. The fourth-order valence-corrected chi connectivity index (χ4v) is 6.37. The molecule has 24 heavy (non-hydrogen) atoms. The molecule has 3 fully saturated rings. The molecule has 6 atom stereocenters. The van der Waals surface area contributed by atoms with Crippen LogP contribution in [0, 0.1) is 34.5 Å². The van der Waals surface area contributed by atoms with Crippen molar-refractivity contribution in [3.8, 4) is 0 Å². The zero-order valence-corrected chi connectivity index (χ0v) is 14.6. The zero-order valence-electron chi connectivity index (χ0n) is 14.6. The number of carboxylic acid groups (broad SMARTS) is 2. The maximum Gasteiger partial charge on any atom is 0.307 e. The number of fused-ring (bicyclic) bond motifs is 3. The smallest absolute Gasteiger partial charge is 0.307 e. The molecule has 5 nitrogen and oxygen atoms in total. The molecule has 0 heterocycles. The van der Waals surface area contributed by atoms with Gasteiger partial charge in [-0.2, -0.15) is 0 Å². The molecule has 0 unspecified atom stereocenters. The Bertz CT molecular complexity index is 570. The standard InChI is InChI=1S/C19H28O5/c1-18-9-7-13-11(12(18)4-5-14(18)17(23)24)3-6-15(20)19(13,2)10-8-16(21)22/h11-14H,3-10H2,1-2H3,(H,21,22)(H,23,24)/t11-,12-,13-,14+,18-,19+/m1/s1. The van der Waals surface area contributed by atoms with E-state index in [9.17, 15) is 19.5 Å². The topological polar surface area (TPSA) is 91.7 Å². The Kier molecular flexibility index (Phi) is 4.25. The first-order chi connectivity index (χ1) is 11.2. The summed E-state index contributed by atoms with van der Waals surface area (Å²) in [6.45, 7) is 4.09. The van der Waals surface area contributed by atoms with Crippen LogP contribution in [0.4, 0.5) is 0 Å². The van der Waals surface area contributed by atoms with Crippen LogP contribution in [0.3, 0.4) is 0 Å². The minimum atomic E-state index is -0.849. The summed E-state index contributed by atoms with van der Waals surface area (Å²) in [5.74, 6) is -0.659. The van der Waals surface area contributed by atoms with Crippen LogP contribution in [-0.4, -0.2) is 27.9 Å². The summed E-state index contributed by atoms with van der Waals surface area (Å²) in [6.07, 6.45) is 5.16. The highest BCUT2D eigenvalue weighted by Crippen LogP contribution is 2.64. The second-order valence-corrected chi connectivity index (χ2v) is 8.66. The van der Waals surface area contributed by atoms with Crippen molar-refractivity contribution in [3.63, 3.8) is 0 Å². The molecule has 0 spiro atoms. The van der Waals surface area contributed by atoms with Crippen LogP contribution >= 0.6 is 0 Å². The summed E-state index contributed by atoms with van der Waals surface area (Å²) in [4.78, 5) is 35.3. The normalized spacial score (nSPS) is 44.7. The molecule has 0 aromatic rings. The van der Waals surface area contributed by atoms with Crippen molar-refractivity contribution in [1.82, 2.24) is 0 Å². The van der Waals surface area contributed by atoms with Crippen LogP contribution in [0.1, 0.15) is 65.2 Å². The Morgan fingerprint density at radius 1 is 1.08 bits per heavy atom. The molecule has 3 saturated carbocycles. The molecular weight excluding hydrogens is 308 g/mol. The monoisotopic (exact) mass is 336 g/mol. The lowest BCUT2D eigenvalue weighted by molar-refractivity contribution is -0.155. The Morgan fingerprint density at radius 2 is 1.79 bits per heavy atom. The lowest BCUT2D eigenvalue weighted by Crippen LogP contribution is -2.52. The molecule has 0 aliphatic heterocycles. The Balaban J connectivity index is 1.87. The molecule has 0 aromatic heterocycles. The molecule has 0 saturated heterocycles. The summed E-state index contributed by atoms with van der Waals surface area (Å²) >= 11 is 0. The molecule has 5 heteroatoms. The van der Waals surface area contributed by atoms with Crippen LogP contribution in [0.5, 0.6) is 0 Å². The van der Waals surface area contributed by atoms with E-state index in [1.165, 1.54) is 0 Å².